The third-order valence-corrected chi connectivity index (χ3v) is 7.32. The first-order valence-corrected chi connectivity index (χ1v) is 12.4. The first-order valence-electron chi connectivity index (χ1n) is 11.6. The minimum Gasteiger partial charge on any atom is -0.465 e. The maximum absolute atomic E-state index is 13.8. The van der Waals surface area contributed by atoms with Gasteiger partial charge in [0.15, 0.2) is 5.43 Å². The minimum atomic E-state index is -0.777. The lowest BCUT2D eigenvalue weighted by Crippen LogP contribution is -2.29. The van der Waals surface area contributed by atoms with Gasteiger partial charge in [0.05, 0.1) is 29.7 Å². The first kappa shape index (κ1) is 23.9. The third kappa shape index (κ3) is 3.89. The van der Waals surface area contributed by atoms with E-state index in [1.807, 2.05) is 13.8 Å². The number of nitrogens with zero attached hydrogens (tertiary/aromatic N) is 3. The summed E-state index contributed by atoms with van der Waals surface area (Å²) in [5.41, 5.74) is 3.29. The average Bonchev–Trinajstić information content (AvgIpc) is 3.41. The van der Waals surface area contributed by atoms with E-state index in [4.69, 9.17) is 9.15 Å². The smallest absolute Gasteiger partial charge is 0.337 e. The number of aromatic nitrogens is 2. The van der Waals surface area contributed by atoms with E-state index in [-0.39, 0.29) is 16.8 Å². The maximum atomic E-state index is 13.8. The molecule has 0 aliphatic carbocycles. The summed E-state index contributed by atoms with van der Waals surface area (Å²) in [5, 5.41) is 10.2. The van der Waals surface area contributed by atoms with Crippen LogP contribution in [0.15, 0.2) is 45.6 Å². The van der Waals surface area contributed by atoms with Crippen LogP contribution in [0.2, 0.25) is 0 Å². The van der Waals surface area contributed by atoms with Crippen LogP contribution >= 0.6 is 11.3 Å². The van der Waals surface area contributed by atoms with Crippen molar-refractivity contribution in [2.75, 3.05) is 12.0 Å². The number of carbonyl (C=O) groups excluding carboxylic acids is 2. The highest BCUT2D eigenvalue weighted by Crippen LogP contribution is 2.42. The Kier molecular flexibility index (Phi) is 5.96. The van der Waals surface area contributed by atoms with Crippen molar-refractivity contribution in [3.63, 3.8) is 0 Å². The zero-order valence-corrected chi connectivity index (χ0v) is 21.4. The Hall–Kier alpha value is -3.85. The van der Waals surface area contributed by atoms with Gasteiger partial charge in [-0.1, -0.05) is 37.3 Å². The molecule has 0 radical (unpaired) electrons. The normalized spacial score (nSPS) is 15.1. The highest BCUT2D eigenvalue weighted by Gasteiger charge is 2.45. The van der Waals surface area contributed by atoms with E-state index < -0.39 is 17.9 Å². The van der Waals surface area contributed by atoms with Crippen LogP contribution in [0.1, 0.15) is 68.1 Å². The fourth-order valence-corrected chi connectivity index (χ4v) is 5.51. The van der Waals surface area contributed by atoms with Crippen molar-refractivity contribution < 1.29 is 18.7 Å². The van der Waals surface area contributed by atoms with Crippen LogP contribution < -0.4 is 10.3 Å². The monoisotopic (exact) mass is 503 g/mol. The van der Waals surface area contributed by atoms with Crippen molar-refractivity contribution >= 4 is 39.3 Å². The first-order chi connectivity index (χ1) is 17.2. The van der Waals surface area contributed by atoms with E-state index in [1.54, 1.807) is 36.4 Å². The highest BCUT2D eigenvalue weighted by atomic mass is 32.1. The van der Waals surface area contributed by atoms with Crippen LogP contribution in [0.25, 0.3) is 11.0 Å². The van der Waals surface area contributed by atoms with Crippen molar-refractivity contribution in [3.05, 3.63) is 85.2 Å². The van der Waals surface area contributed by atoms with Crippen LogP contribution in [0.3, 0.4) is 0 Å². The second-order valence-electron chi connectivity index (χ2n) is 9.37. The van der Waals surface area contributed by atoms with Gasteiger partial charge >= 0.3 is 5.97 Å². The minimum absolute atomic E-state index is 0.00147. The molecule has 36 heavy (non-hydrogen) atoms. The van der Waals surface area contributed by atoms with E-state index in [9.17, 15) is 14.4 Å². The number of hydrogen-bond acceptors (Lipinski definition) is 8. The van der Waals surface area contributed by atoms with Crippen molar-refractivity contribution in [2.45, 2.75) is 40.2 Å². The van der Waals surface area contributed by atoms with Crippen LogP contribution in [-0.4, -0.2) is 29.2 Å². The van der Waals surface area contributed by atoms with Crippen LogP contribution in [0.5, 0.6) is 0 Å². The zero-order chi connectivity index (χ0) is 25.7. The average molecular weight is 504 g/mol. The Morgan fingerprint density at radius 2 is 1.81 bits per heavy atom. The summed E-state index contributed by atoms with van der Waals surface area (Å²) >= 11 is 1.32. The summed E-state index contributed by atoms with van der Waals surface area (Å²) in [5.74, 6) is -0.547. The SMILES string of the molecule is COC(=O)c1ccc(C2c3c(oc4cc(C)c(C)cc4c3=O)C(=O)N2c2nnc(CC(C)C)s2)cc1. The van der Waals surface area contributed by atoms with Crippen molar-refractivity contribution in [2.24, 2.45) is 5.92 Å². The number of rotatable bonds is 5. The number of esters is 1. The standard InChI is InChI=1S/C27H25N3O5S/c1-13(2)10-20-28-29-27(36-20)30-22(16-6-8-17(9-7-16)26(33)34-5)21-23(31)18-11-14(3)15(4)12-19(18)35-24(21)25(30)32/h6-9,11-13,22H,10H2,1-5H3. The van der Waals surface area contributed by atoms with Gasteiger partial charge < -0.3 is 9.15 Å². The predicted molar refractivity (Wildman–Crippen MR) is 137 cm³/mol. The van der Waals surface area contributed by atoms with Gasteiger partial charge in [-0.25, -0.2) is 4.79 Å². The van der Waals surface area contributed by atoms with Crippen LogP contribution in [0, 0.1) is 19.8 Å². The molecule has 2 aromatic heterocycles. The Balaban J connectivity index is 1.72. The van der Waals surface area contributed by atoms with Gasteiger partial charge in [0, 0.05) is 6.42 Å². The number of methoxy groups -OCH3 is 1. The number of carbonyl (C=O) groups is 2. The van der Waals surface area contributed by atoms with Gasteiger partial charge in [0.1, 0.15) is 10.6 Å². The fourth-order valence-electron chi connectivity index (χ4n) is 4.43. The van der Waals surface area contributed by atoms with Crippen LogP contribution in [0.4, 0.5) is 5.13 Å². The Morgan fingerprint density at radius 3 is 2.47 bits per heavy atom. The largest absolute Gasteiger partial charge is 0.465 e. The predicted octanol–water partition coefficient (Wildman–Crippen LogP) is 5.00. The second-order valence-corrected chi connectivity index (χ2v) is 10.4. The molecule has 0 fully saturated rings. The van der Waals surface area contributed by atoms with E-state index in [0.29, 0.717) is 33.1 Å². The molecule has 1 aliphatic heterocycles. The fraction of sp³-hybridized carbons (Fsp3) is 0.296. The molecule has 1 aliphatic rings. The number of hydrogen-bond donors (Lipinski definition) is 0. The van der Waals surface area contributed by atoms with Gasteiger partial charge in [-0.3, -0.25) is 14.5 Å². The lowest BCUT2D eigenvalue weighted by atomic mass is 9.97. The molecule has 1 unspecified atom stereocenters. The van der Waals surface area contributed by atoms with E-state index >= 15 is 0 Å². The molecule has 8 nitrogen and oxygen atoms in total. The number of fused-ring (bicyclic) bond motifs is 2. The van der Waals surface area contributed by atoms with Crippen molar-refractivity contribution in [3.8, 4) is 0 Å². The third-order valence-electron chi connectivity index (χ3n) is 6.38. The number of anilines is 1. The molecule has 0 N–H and O–H groups in total. The van der Waals surface area contributed by atoms with Gasteiger partial charge in [0.25, 0.3) is 5.91 Å². The van der Waals surface area contributed by atoms with Gasteiger partial charge in [-0.15, -0.1) is 10.2 Å². The zero-order valence-electron chi connectivity index (χ0n) is 20.6. The molecule has 0 bridgehead atoms. The Labute approximate surface area is 211 Å². The lowest BCUT2D eigenvalue weighted by molar-refractivity contribution is 0.0600. The van der Waals surface area contributed by atoms with Gasteiger partial charge in [0.2, 0.25) is 10.9 Å². The molecule has 0 saturated heterocycles. The number of aryl methyl sites for hydroxylation is 2. The van der Waals surface area contributed by atoms with E-state index in [2.05, 4.69) is 24.0 Å². The molecule has 184 valence electrons. The molecule has 1 amide bonds. The molecular weight excluding hydrogens is 478 g/mol. The molecule has 0 spiro atoms. The van der Waals surface area contributed by atoms with Crippen LogP contribution in [-0.2, 0) is 11.2 Å². The summed E-state index contributed by atoms with van der Waals surface area (Å²) in [6.07, 6.45) is 0.727. The summed E-state index contributed by atoms with van der Waals surface area (Å²) < 4.78 is 10.9. The van der Waals surface area contributed by atoms with Gasteiger partial charge in [-0.05, 0) is 60.7 Å². The van der Waals surface area contributed by atoms with Crippen molar-refractivity contribution in [1.82, 2.24) is 10.2 Å². The van der Waals surface area contributed by atoms with E-state index in [0.717, 1.165) is 22.6 Å². The molecule has 3 heterocycles. The molecule has 1 atom stereocenters. The Morgan fingerprint density at radius 1 is 1.11 bits per heavy atom. The second kappa shape index (κ2) is 8.98. The molecule has 4 aromatic rings. The number of amides is 1. The number of benzene rings is 2. The van der Waals surface area contributed by atoms with Gasteiger partial charge in [-0.2, -0.15) is 0 Å². The summed E-state index contributed by atoms with van der Waals surface area (Å²) in [7, 11) is 1.31. The molecule has 5 rings (SSSR count). The highest BCUT2D eigenvalue weighted by molar-refractivity contribution is 7.15. The molecular formula is C27H25N3O5S. The quantitative estimate of drug-likeness (QED) is 0.353. The summed E-state index contributed by atoms with van der Waals surface area (Å²) in [6.45, 7) is 8.03. The lowest BCUT2D eigenvalue weighted by Gasteiger charge is -2.22. The van der Waals surface area contributed by atoms with E-state index in [1.165, 1.54) is 23.3 Å². The van der Waals surface area contributed by atoms with Crippen molar-refractivity contribution in [1.29, 1.82) is 0 Å². The maximum Gasteiger partial charge on any atom is 0.337 e. The molecule has 9 heteroatoms. The molecule has 0 saturated carbocycles. The number of ether oxygens (including phenoxy) is 1. The summed E-state index contributed by atoms with van der Waals surface area (Å²) in [4.78, 5) is 41.0. The summed E-state index contributed by atoms with van der Waals surface area (Å²) in [6, 6.07) is 9.46. The topological polar surface area (TPSA) is 103 Å². The molecule has 2 aromatic carbocycles. The Bertz CT molecular complexity index is 1570.